The Morgan fingerprint density at radius 2 is 1.12 bits per heavy atom. The summed E-state index contributed by atoms with van der Waals surface area (Å²) in [6.45, 7) is 0.357. The molecule has 0 aliphatic heterocycles. The van der Waals surface area contributed by atoms with Crippen LogP contribution in [0.25, 0.3) is 12.2 Å². The smallest absolute Gasteiger partial charge is 0.0828 e. The van der Waals surface area contributed by atoms with Crippen LogP contribution in [0.3, 0.4) is 0 Å². The molecule has 0 saturated heterocycles. The predicted octanol–water partition coefficient (Wildman–Crippen LogP) is 8.18. The third-order valence-corrected chi connectivity index (χ3v) is 4.62. The van der Waals surface area contributed by atoms with E-state index in [2.05, 4.69) is 0 Å². The fourth-order valence-electron chi connectivity index (χ4n) is 1.92. The van der Waals surface area contributed by atoms with Crippen LogP contribution in [0.5, 0.6) is 0 Å². The van der Waals surface area contributed by atoms with Crippen LogP contribution in [0.4, 0.5) is 0 Å². The molecule has 0 N–H and O–H groups in total. The van der Waals surface area contributed by atoms with Crippen LogP contribution in [0.15, 0.2) is 46.5 Å². The highest BCUT2D eigenvalue weighted by atomic mass is 35.5. The standard InChI is InChI=1S/C18H12Cl6O/c19-13-1-3-17(23)11(5-13)7-15(21)9-25-10-16(22)8-12-6-14(20)2-4-18(12)24/h1-8H,9-10H2. The van der Waals surface area contributed by atoms with Crippen LogP contribution in [0, 0.1) is 0 Å². The van der Waals surface area contributed by atoms with Crippen molar-refractivity contribution in [1.82, 2.24) is 0 Å². The zero-order valence-corrected chi connectivity index (χ0v) is 17.2. The summed E-state index contributed by atoms with van der Waals surface area (Å²) in [7, 11) is 0. The summed E-state index contributed by atoms with van der Waals surface area (Å²) >= 11 is 36.4. The van der Waals surface area contributed by atoms with Crippen molar-refractivity contribution in [3.8, 4) is 0 Å². The van der Waals surface area contributed by atoms with E-state index >= 15 is 0 Å². The van der Waals surface area contributed by atoms with Crippen LogP contribution in [-0.4, -0.2) is 13.2 Å². The molecule has 0 aromatic heterocycles. The number of halogens is 6. The minimum atomic E-state index is 0.178. The van der Waals surface area contributed by atoms with E-state index in [1.165, 1.54) is 0 Å². The molecule has 1 nitrogen and oxygen atoms in total. The first-order valence-electron chi connectivity index (χ1n) is 7.05. The Balaban J connectivity index is 1.95. The van der Waals surface area contributed by atoms with Gasteiger partial charge < -0.3 is 4.74 Å². The van der Waals surface area contributed by atoms with Gasteiger partial charge in [-0.05, 0) is 59.7 Å². The minimum absolute atomic E-state index is 0.178. The fourth-order valence-corrected chi connectivity index (χ4v) is 3.01. The SMILES string of the molecule is ClC(=Cc1cc(Cl)ccc1Cl)COCC(Cl)=Cc1cc(Cl)ccc1Cl. The van der Waals surface area contributed by atoms with Crippen LogP contribution >= 0.6 is 69.6 Å². The van der Waals surface area contributed by atoms with Gasteiger partial charge in [-0.3, -0.25) is 0 Å². The van der Waals surface area contributed by atoms with E-state index in [0.29, 0.717) is 30.2 Å². The molecule has 0 aliphatic rings. The highest BCUT2D eigenvalue weighted by Gasteiger charge is 2.03. The molecule has 2 aromatic rings. The van der Waals surface area contributed by atoms with Crippen LogP contribution in [-0.2, 0) is 4.74 Å². The highest BCUT2D eigenvalue weighted by molar-refractivity contribution is 6.36. The average molecular weight is 457 g/mol. The summed E-state index contributed by atoms with van der Waals surface area (Å²) < 4.78 is 5.49. The Bertz CT molecular complexity index is 746. The molecule has 0 bridgehead atoms. The number of hydrogen-bond donors (Lipinski definition) is 0. The van der Waals surface area contributed by atoms with E-state index in [4.69, 9.17) is 74.3 Å². The van der Waals surface area contributed by atoms with Crippen molar-refractivity contribution in [2.45, 2.75) is 0 Å². The van der Waals surface area contributed by atoms with Gasteiger partial charge in [0.25, 0.3) is 0 Å². The quantitative estimate of drug-likeness (QED) is 0.425. The molecule has 2 aromatic carbocycles. The lowest BCUT2D eigenvalue weighted by molar-refractivity contribution is 0.190. The van der Waals surface area contributed by atoms with E-state index in [9.17, 15) is 0 Å². The third kappa shape index (κ3) is 7.03. The molecular weight excluding hydrogens is 445 g/mol. The van der Waals surface area contributed by atoms with Gasteiger partial charge in [-0.1, -0.05) is 69.6 Å². The number of ether oxygens (including phenoxy) is 1. The summed E-state index contributed by atoms with van der Waals surface area (Å²) in [5.41, 5.74) is 1.44. The van der Waals surface area contributed by atoms with Gasteiger partial charge in [0, 0.05) is 30.2 Å². The molecule has 0 fully saturated rings. The number of benzene rings is 2. The molecule has 0 aliphatic carbocycles. The van der Waals surface area contributed by atoms with Gasteiger partial charge in [0.15, 0.2) is 0 Å². The van der Waals surface area contributed by atoms with Crippen LogP contribution in [0.1, 0.15) is 11.1 Å². The fraction of sp³-hybridized carbons (Fsp3) is 0.111. The maximum Gasteiger partial charge on any atom is 0.0828 e. The van der Waals surface area contributed by atoms with Gasteiger partial charge in [0.1, 0.15) is 0 Å². The van der Waals surface area contributed by atoms with E-state index in [1.807, 2.05) is 0 Å². The third-order valence-electron chi connectivity index (χ3n) is 3.02. The molecule has 0 amide bonds. The summed E-state index contributed by atoms with van der Waals surface area (Å²) in [4.78, 5) is 0. The molecule has 0 atom stereocenters. The monoisotopic (exact) mass is 454 g/mol. The van der Waals surface area contributed by atoms with E-state index in [-0.39, 0.29) is 13.2 Å². The van der Waals surface area contributed by atoms with Crippen LogP contribution < -0.4 is 0 Å². The van der Waals surface area contributed by atoms with Crippen LogP contribution in [0.2, 0.25) is 20.1 Å². The maximum atomic E-state index is 6.16. The normalized spacial score (nSPS) is 12.6. The Morgan fingerprint density at radius 3 is 1.52 bits per heavy atom. The lowest BCUT2D eigenvalue weighted by Crippen LogP contribution is -1.97. The molecule has 25 heavy (non-hydrogen) atoms. The molecule has 7 heteroatoms. The van der Waals surface area contributed by atoms with Crippen molar-refractivity contribution in [2.75, 3.05) is 13.2 Å². The van der Waals surface area contributed by atoms with Crippen molar-refractivity contribution >= 4 is 81.8 Å². The molecule has 2 rings (SSSR count). The summed E-state index contributed by atoms with van der Waals surface area (Å²) in [6.07, 6.45) is 3.39. The summed E-state index contributed by atoms with van der Waals surface area (Å²) in [5.74, 6) is 0. The number of rotatable bonds is 6. The second-order valence-corrected chi connectivity index (χ2v) is 7.67. The second-order valence-electron chi connectivity index (χ2n) is 5.01. The molecule has 132 valence electrons. The van der Waals surface area contributed by atoms with Gasteiger partial charge in [-0.2, -0.15) is 0 Å². The van der Waals surface area contributed by atoms with Gasteiger partial charge >= 0.3 is 0 Å². The van der Waals surface area contributed by atoms with Gasteiger partial charge in [-0.15, -0.1) is 0 Å². The topological polar surface area (TPSA) is 9.23 Å². The number of hydrogen-bond acceptors (Lipinski definition) is 1. The van der Waals surface area contributed by atoms with Crippen molar-refractivity contribution < 1.29 is 4.74 Å². The maximum absolute atomic E-state index is 6.16. The predicted molar refractivity (Wildman–Crippen MR) is 111 cm³/mol. The Kier molecular flexibility index (Phi) is 8.44. The van der Waals surface area contributed by atoms with Crippen molar-refractivity contribution in [1.29, 1.82) is 0 Å². The van der Waals surface area contributed by atoms with Crippen molar-refractivity contribution in [3.63, 3.8) is 0 Å². The Hall–Kier alpha value is -0.380. The first-order chi connectivity index (χ1) is 11.8. The van der Waals surface area contributed by atoms with Crippen molar-refractivity contribution in [2.24, 2.45) is 0 Å². The Morgan fingerprint density at radius 1 is 0.720 bits per heavy atom. The molecule has 0 saturated carbocycles. The van der Waals surface area contributed by atoms with E-state index in [0.717, 1.165) is 11.1 Å². The lowest BCUT2D eigenvalue weighted by Gasteiger charge is -2.05. The first-order valence-corrected chi connectivity index (χ1v) is 9.32. The van der Waals surface area contributed by atoms with Gasteiger partial charge in [-0.25, -0.2) is 0 Å². The summed E-state index contributed by atoms with van der Waals surface area (Å²) in [6, 6.07) is 10.3. The summed E-state index contributed by atoms with van der Waals surface area (Å²) in [5, 5.41) is 3.19. The van der Waals surface area contributed by atoms with Gasteiger partial charge in [0.05, 0.1) is 13.2 Å². The molecule has 0 heterocycles. The average Bonchev–Trinajstić information content (AvgIpc) is 2.54. The first kappa shape index (κ1) is 20.9. The Labute approximate surface area is 176 Å². The molecule has 0 spiro atoms. The zero-order valence-electron chi connectivity index (χ0n) is 12.7. The van der Waals surface area contributed by atoms with E-state index in [1.54, 1.807) is 48.6 Å². The highest BCUT2D eigenvalue weighted by Crippen LogP contribution is 2.25. The van der Waals surface area contributed by atoms with Gasteiger partial charge in [0.2, 0.25) is 0 Å². The molecule has 0 radical (unpaired) electrons. The zero-order chi connectivity index (χ0) is 18.4. The molecular formula is C18H12Cl6O. The van der Waals surface area contributed by atoms with Crippen molar-refractivity contribution in [3.05, 3.63) is 77.7 Å². The minimum Gasteiger partial charge on any atom is -0.370 e. The molecule has 0 unspecified atom stereocenters. The van der Waals surface area contributed by atoms with E-state index < -0.39 is 0 Å². The lowest BCUT2D eigenvalue weighted by atomic mass is 10.2. The largest absolute Gasteiger partial charge is 0.370 e. The second kappa shape index (κ2) is 10.1.